The minimum atomic E-state index is -0.139. The van der Waals surface area contributed by atoms with Gasteiger partial charge in [0.15, 0.2) is 0 Å². The van der Waals surface area contributed by atoms with Crippen molar-refractivity contribution >= 4 is 35.9 Å². The van der Waals surface area contributed by atoms with Gasteiger partial charge in [-0.15, -0.1) is 0 Å². The number of hydrogen-bond acceptors (Lipinski definition) is 1. The molecule has 10 heavy (non-hydrogen) atoms. The van der Waals surface area contributed by atoms with E-state index in [0.717, 1.165) is 3.57 Å². The largest absolute Gasteiger partial charge is 0.318 e. The molecule has 2 nitrogen and oxygen atoms in total. The van der Waals surface area contributed by atoms with Crippen molar-refractivity contribution in [1.29, 1.82) is 0 Å². The van der Waals surface area contributed by atoms with Gasteiger partial charge in [-0.3, -0.25) is 4.79 Å². The molecule has 4 heteroatoms. The van der Waals surface area contributed by atoms with Crippen LogP contribution in [0.2, 0.25) is 0 Å². The van der Waals surface area contributed by atoms with Gasteiger partial charge in [-0.2, -0.15) is 0 Å². The molecule has 1 rings (SSSR count). The van der Waals surface area contributed by atoms with Crippen molar-refractivity contribution < 1.29 is 0 Å². The lowest BCUT2D eigenvalue weighted by Gasteiger charge is -1.99. The fourth-order valence-corrected chi connectivity index (χ4v) is 1.45. The molecule has 0 spiro atoms. The van der Waals surface area contributed by atoms with Gasteiger partial charge in [0, 0.05) is 16.8 Å². The summed E-state index contributed by atoms with van der Waals surface area (Å²) in [6.45, 7) is 0. The average Bonchev–Trinajstić information content (AvgIpc) is 1.82. The Balaban J connectivity index is 3.46. The van der Waals surface area contributed by atoms with E-state index >= 15 is 0 Å². The quantitative estimate of drug-likeness (QED) is 0.457. The number of halogens is 1. The van der Waals surface area contributed by atoms with E-state index in [1.54, 1.807) is 19.3 Å². The van der Waals surface area contributed by atoms with E-state index in [2.05, 4.69) is 22.6 Å². The number of pyridine rings is 1. The van der Waals surface area contributed by atoms with Gasteiger partial charge in [0.25, 0.3) is 0 Å². The molecule has 0 aliphatic heterocycles. The Bertz CT molecular complexity index is 281. The maximum Gasteiger partial charge on any atom is 0.243 e. The third kappa shape index (κ3) is 1.42. The maximum atomic E-state index is 11.0. The smallest absolute Gasteiger partial charge is 0.243 e. The molecule has 0 saturated heterocycles. The maximum absolute atomic E-state index is 11.0. The van der Waals surface area contributed by atoms with Gasteiger partial charge in [0.1, 0.15) is 7.85 Å². The predicted octanol–water partition coefficient (Wildman–Crippen LogP) is -0.216. The molecular weight excluding hydrogens is 240 g/mol. The molecule has 0 N–H and O–H groups in total. The van der Waals surface area contributed by atoms with Crippen LogP contribution < -0.4 is 11.0 Å². The minimum absolute atomic E-state index is 0.139. The number of aromatic nitrogens is 1. The van der Waals surface area contributed by atoms with Gasteiger partial charge in [0.05, 0.1) is 0 Å². The summed E-state index contributed by atoms with van der Waals surface area (Å²) >= 11 is 2.11. The zero-order chi connectivity index (χ0) is 7.72. The van der Waals surface area contributed by atoms with Crippen LogP contribution in [0.3, 0.4) is 0 Å². The first-order chi connectivity index (χ1) is 4.61. The normalized spacial score (nSPS) is 9.80. The highest BCUT2D eigenvalue weighted by atomic mass is 127. The van der Waals surface area contributed by atoms with Crippen LogP contribution in [-0.4, -0.2) is 12.4 Å². The van der Waals surface area contributed by atoms with Crippen LogP contribution in [0.5, 0.6) is 0 Å². The van der Waals surface area contributed by atoms with E-state index in [1.807, 2.05) is 0 Å². The van der Waals surface area contributed by atoms with E-state index in [0.29, 0.717) is 5.46 Å². The molecule has 0 aliphatic rings. The monoisotopic (exact) mass is 245 g/mol. The molecule has 0 bridgehead atoms. The molecule has 0 aliphatic carbocycles. The van der Waals surface area contributed by atoms with Crippen LogP contribution in [0.25, 0.3) is 0 Å². The van der Waals surface area contributed by atoms with Crippen molar-refractivity contribution in [2.75, 3.05) is 0 Å². The molecule has 0 amide bonds. The second-order valence-corrected chi connectivity index (χ2v) is 3.28. The molecule has 1 aromatic rings. The molecule has 0 fully saturated rings. The number of hydrogen-bond donors (Lipinski definition) is 0. The Morgan fingerprint density at radius 3 is 2.80 bits per heavy atom. The summed E-state index contributed by atoms with van der Waals surface area (Å²) in [5.74, 6) is 0. The van der Waals surface area contributed by atoms with Gasteiger partial charge >= 0.3 is 0 Å². The van der Waals surface area contributed by atoms with Crippen molar-refractivity contribution in [3.05, 3.63) is 26.2 Å². The first-order valence-corrected chi connectivity index (χ1v) is 3.81. The molecule has 0 unspecified atom stereocenters. The Morgan fingerprint density at radius 1 is 1.70 bits per heavy atom. The fourth-order valence-electron chi connectivity index (χ4n) is 0.695. The Labute approximate surface area is 73.8 Å². The van der Waals surface area contributed by atoms with E-state index in [-0.39, 0.29) is 5.56 Å². The van der Waals surface area contributed by atoms with Crippen LogP contribution in [0, 0.1) is 3.57 Å². The van der Waals surface area contributed by atoms with Gasteiger partial charge in [-0.1, -0.05) is 0 Å². The third-order valence-corrected chi connectivity index (χ3v) is 1.77. The second kappa shape index (κ2) is 2.78. The zero-order valence-corrected chi connectivity index (χ0v) is 7.62. The van der Waals surface area contributed by atoms with Crippen molar-refractivity contribution in [2.45, 2.75) is 0 Å². The van der Waals surface area contributed by atoms with E-state index < -0.39 is 0 Å². The summed E-state index contributed by atoms with van der Waals surface area (Å²) in [6.07, 6.45) is 1.74. The average molecular weight is 245 g/mol. The highest BCUT2D eigenvalue weighted by Crippen LogP contribution is 1.96. The topological polar surface area (TPSA) is 22.0 Å². The van der Waals surface area contributed by atoms with Gasteiger partial charge < -0.3 is 4.57 Å². The predicted molar refractivity (Wildman–Crippen MR) is 49.8 cm³/mol. The number of nitrogens with zero attached hydrogens (tertiary/aromatic N) is 1. The fraction of sp³-hybridized carbons (Fsp3) is 0.167. The second-order valence-electron chi connectivity index (χ2n) is 2.03. The molecule has 0 saturated carbocycles. The van der Waals surface area contributed by atoms with Crippen molar-refractivity contribution in [2.24, 2.45) is 7.05 Å². The van der Waals surface area contributed by atoms with Crippen molar-refractivity contribution in [1.82, 2.24) is 4.57 Å². The van der Waals surface area contributed by atoms with Crippen LogP contribution >= 0.6 is 22.6 Å². The summed E-state index contributed by atoms with van der Waals surface area (Å²) in [4.78, 5) is 11.0. The molecule has 1 heterocycles. The van der Waals surface area contributed by atoms with Crippen LogP contribution in [0.1, 0.15) is 0 Å². The zero-order valence-electron chi connectivity index (χ0n) is 5.47. The SMILES string of the molecule is [B]c1cc(I)cn(C)c1=O. The highest BCUT2D eigenvalue weighted by Gasteiger charge is 1.95. The molecular formula is C6H5BINO. The lowest BCUT2D eigenvalue weighted by Crippen LogP contribution is -2.32. The minimum Gasteiger partial charge on any atom is -0.318 e. The third-order valence-electron chi connectivity index (χ3n) is 1.18. The van der Waals surface area contributed by atoms with Gasteiger partial charge in [-0.25, -0.2) is 0 Å². The summed E-state index contributed by atoms with van der Waals surface area (Å²) in [5, 5.41) is 0. The molecule has 1 aromatic heterocycles. The van der Waals surface area contributed by atoms with Gasteiger partial charge in [-0.05, 0) is 34.1 Å². The van der Waals surface area contributed by atoms with E-state index in [1.165, 1.54) is 4.57 Å². The summed E-state index contributed by atoms with van der Waals surface area (Å²) in [7, 11) is 7.06. The first kappa shape index (κ1) is 7.85. The van der Waals surface area contributed by atoms with Crippen LogP contribution in [0.4, 0.5) is 0 Å². The van der Waals surface area contributed by atoms with E-state index in [9.17, 15) is 4.79 Å². The summed E-state index contributed by atoms with van der Waals surface area (Å²) in [6, 6.07) is 1.66. The van der Waals surface area contributed by atoms with Crippen molar-refractivity contribution in [3.63, 3.8) is 0 Å². The lowest BCUT2D eigenvalue weighted by molar-refractivity contribution is 0.863. The molecule has 0 aromatic carbocycles. The van der Waals surface area contributed by atoms with Crippen LogP contribution in [0.15, 0.2) is 17.1 Å². The number of rotatable bonds is 0. The first-order valence-electron chi connectivity index (χ1n) is 2.73. The molecule has 0 atom stereocenters. The summed E-state index contributed by atoms with van der Waals surface area (Å²) < 4.78 is 2.44. The Morgan fingerprint density at radius 2 is 2.30 bits per heavy atom. The summed E-state index contributed by atoms with van der Waals surface area (Å²) in [5.41, 5.74) is 0.162. The van der Waals surface area contributed by atoms with Gasteiger partial charge in [0.2, 0.25) is 5.56 Å². The standard InChI is InChI=1S/C6H5BINO/c1-9-3-4(8)2-5(7)6(9)10/h2-3H,1H3. The lowest BCUT2D eigenvalue weighted by atomic mass is 9.99. The number of aryl methyl sites for hydroxylation is 1. The molecule has 50 valence electrons. The Hall–Kier alpha value is -0.255. The Kier molecular flexibility index (Phi) is 2.18. The van der Waals surface area contributed by atoms with E-state index in [4.69, 9.17) is 7.85 Å². The van der Waals surface area contributed by atoms with Crippen LogP contribution in [-0.2, 0) is 7.05 Å². The van der Waals surface area contributed by atoms with Crippen molar-refractivity contribution in [3.8, 4) is 0 Å². The highest BCUT2D eigenvalue weighted by molar-refractivity contribution is 14.1. The molecule has 2 radical (unpaired) electrons.